The summed E-state index contributed by atoms with van der Waals surface area (Å²) in [5.41, 5.74) is 6.92. The molecule has 140 valence electrons. The zero-order valence-corrected chi connectivity index (χ0v) is 17.3. The molecule has 0 fully saturated rings. The van der Waals surface area contributed by atoms with Crippen LogP contribution in [0, 0.1) is 0 Å². The fraction of sp³-hybridized carbons (Fsp3) is 0.846. The Balaban J connectivity index is 0. The number of hydrogen-bond donors (Lipinski definition) is 2. The third-order valence-electron chi connectivity index (χ3n) is 3.19. The Morgan fingerprint density at radius 2 is 1.35 bits per heavy atom. The van der Waals surface area contributed by atoms with E-state index in [0.29, 0.717) is 6.54 Å². The molecule has 0 aliphatic heterocycles. The highest BCUT2D eigenvalue weighted by atomic mass is 28.4. The summed E-state index contributed by atoms with van der Waals surface area (Å²) in [6, 6.07) is 0.827. The summed E-state index contributed by atoms with van der Waals surface area (Å²) in [5, 5.41) is 3.21. The molecule has 0 saturated carbocycles. The van der Waals surface area contributed by atoms with Crippen LogP contribution in [0.25, 0.3) is 0 Å². The fourth-order valence-corrected chi connectivity index (χ4v) is 4.44. The largest absolute Gasteiger partial charge is 0.528 e. The van der Waals surface area contributed by atoms with Gasteiger partial charge in [0.15, 0.2) is 0 Å². The summed E-state index contributed by atoms with van der Waals surface area (Å²) in [4.78, 5) is 0. The summed E-state index contributed by atoms with van der Waals surface area (Å²) >= 11 is 0. The summed E-state index contributed by atoms with van der Waals surface area (Å²) in [5.74, 6) is 0. The monoisotopic (exact) mass is 370 g/mol. The van der Waals surface area contributed by atoms with E-state index in [1.807, 2.05) is 0 Å². The van der Waals surface area contributed by atoms with Gasteiger partial charge in [-0.1, -0.05) is 6.58 Å². The zero-order chi connectivity index (χ0) is 18.2. The van der Waals surface area contributed by atoms with Crippen molar-refractivity contribution in [1.82, 2.24) is 5.32 Å². The van der Waals surface area contributed by atoms with E-state index in [4.69, 9.17) is 32.3 Å². The number of nitrogens with one attached hydrogen (secondary N) is 1. The van der Waals surface area contributed by atoms with Crippen molar-refractivity contribution >= 4 is 17.6 Å². The van der Waals surface area contributed by atoms with E-state index in [1.54, 1.807) is 48.4 Å². The van der Waals surface area contributed by atoms with E-state index < -0.39 is 17.6 Å². The molecule has 8 nitrogen and oxygen atoms in total. The van der Waals surface area contributed by atoms with Gasteiger partial charge in [-0.05, 0) is 18.7 Å². The molecule has 0 spiro atoms. The van der Waals surface area contributed by atoms with E-state index in [2.05, 4.69) is 11.9 Å². The third kappa shape index (κ3) is 10.3. The van der Waals surface area contributed by atoms with Crippen LogP contribution in [-0.4, -0.2) is 79.9 Å². The minimum atomic E-state index is -2.43. The van der Waals surface area contributed by atoms with Gasteiger partial charge in [0.25, 0.3) is 0 Å². The van der Waals surface area contributed by atoms with Crippen molar-refractivity contribution in [2.45, 2.75) is 12.5 Å². The lowest BCUT2D eigenvalue weighted by molar-refractivity contribution is 0.123. The van der Waals surface area contributed by atoms with Gasteiger partial charge >= 0.3 is 17.6 Å². The summed E-state index contributed by atoms with van der Waals surface area (Å²) < 4.78 is 30.7. The van der Waals surface area contributed by atoms with Gasteiger partial charge in [-0.25, -0.2) is 0 Å². The highest BCUT2D eigenvalue weighted by Crippen LogP contribution is 2.14. The van der Waals surface area contributed by atoms with Gasteiger partial charge in [0.05, 0.1) is 0 Å². The molecule has 0 bridgehead atoms. The minimum absolute atomic E-state index is 0.668. The zero-order valence-electron chi connectivity index (χ0n) is 15.3. The van der Waals surface area contributed by atoms with Crippen LogP contribution < -0.4 is 11.1 Å². The minimum Gasteiger partial charge on any atom is -0.377 e. The maximum atomic E-state index is 5.35. The van der Waals surface area contributed by atoms with Crippen molar-refractivity contribution in [3.63, 3.8) is 0 Å². The van der Waals surface area contributed by atoms with Crippen molar-refractivity contribution < 1.29 is 26.6 Å². The lowest BCUT2D eigenvalue weighted by Gasteiger charge is -2.24. The summed E-state index contributed by atoms with van der Waals surface area (Å²) in [6.07, 6.45) is 0.974. The highest BCUT2D eigenvalue weighted by Gasteiger charge is 2.36. The average molecular weight is 371 g/mol. The molecule has 0 aromatic rings. The molecule has 0 atom stereocenters. The lowest BCUT2D eigenvalue weighted by Crippen LogP contribution is -2.43. The number of rotatable bonds is 13. The molecular weight excluding hydrogens is 336 g/mol. The summed E-state index contributed by atoms with van der Waals surface area (Å²) in [6.45, 7) is 5.97. The predicted molar refractivity (Wildman–Crippen MR) is 95.1 cm³/mol. The Morgan fingerprint density at radius 1 is 0.870 bits per heavy atom. The van der Waals surface area contributed by atoms with Crippen LogP contribution >= 0.6 is 0 Å². The third-order valence-corrected chi connectivity index (χ3v) is 8.23. The van der Waals surface area contributed by atoms with Crippen molar-refractivity contribution in [3.8, 4) is 0 Å². The number of hydrogen-bond acceptors (Lipinski definition) is 8. The molecule has 3 N–H and O–H groups in total. The molecule has 0 rings (SSSR count). The molecule has 0 heterocycles. The van der Waals surface area contributed by atoms with E-state index >= 15 is 0 Å². The van der Waals surface area contributed by atoms with Crippen LogP contribution in [-0.2, 0) is 26.6 Å². The molecule has 0 saturated heterocycles. The van der Waals surface area contributed by atoms with Crippen LogP contribution in [0.15, 0.2) is 12.3 Å². The van der Waals surface area contributed by atoms with Crippen LogP contribution in [0.3, 0.4) is 0 Å². The maximum Gasteiger partial charge on any atom is 0.528 e. The first-order valence-electron chi connectivity index (χ1n) is 7.34. The second kappa shape index (κ2) is 15.4. The molecule has 0 radical (unpaired) electrons. The van der Waals surface area contributed by atoms with Gasteiger partial charge in [-0.3, -0.25) is 0 Å². The SMILES string of the molecule is C=C[Si](OC)(OC)OC.CO[Si](CCCNCCN)(OC)OC. The van der Waals surface area contributed by atoms with Crippen molar-refractivity contribution in [3.05, 3.63) is 12.3 Å². The van der Waals surface area contributed by atoms with Crippen LogP contribution in [0.5, 0.6) is 0 Å². The Kier molecular flexibility index (Phi) is 16.8. The Hall–Kier alpha value is -0.146. The van der Waals surface area contributed by atoms with Crippen LogP contribution in [0.1, 0.15) is 6.42 Å². The molecule has 0 aliphatic rings. The van der Waals surface area contributed by atoms with Gasteiger partial charge in [-0.15, -0.1) is 0 Å². The molecule has 0 aromatic carbocycles. The first-order chi connectivity index (χ1) is 11.0. The first-order valence-corrected chi connectivity index (χ1v) is 11.1. The molecule has 10 heteroatoms. The van der Waals surface area contributed by atoms with Gasteiger partial charge < -0.3 is 37.6 Å². The topological polar surface area (TPSA) is 93.4 Å². The van der Waals surface area contributed by atoms with E-state index in [0.717, 1.165) is 25.6 Å². The van der Waals surface area contributed by atoms with Crippen LogP contribution in [0.4, 0.5) is 0 Å². The molecular formula is C13H34N2O6Si2. The summed E-state index contributed by atoms with van der Waals surface area (Å²) in [7, 11) is 4.75. The molecule has 0 unspecified atom stereocenters. The molecule has 0 aromatic heterocycles. The van der Waals surface area contributed by atoms with E-state index in [1.165, 1.54) is 0 Å². The van der Waals surface area contributed by atoms with Gasteiger partial charge in [-0.2, -0.15) is 0 Å². The van der Waals surface area contributed by atoms with E-state index in [-0.39, 0.29) is 0 Å². The Bertz CT molecular complexity index is 263. The van der Waals surface area contributed by atoms with Crippen molar-refractivity contribution in [1.29, 1.82) is 0 Å². The normalized spacial score (nSPS) is 11.8. The second-order valence-corrected chi connectivity index (χ2v) is 10.3. The van der Waals surface area contributed by atoms with Crippen molar-refractivity contribution in [2.75, 3.05) is 62.3 Å². The molecule has 0 amide bonds. The predicted octanol–water partition coefficient (Wildman–Crippen LogP) is 0.393. The Labute approximate surface area is 143 Å². The lowest BCUT2D eigenvalue weighted by atomic mass is 10.5. The standard InChI is InChI=1S/C8H22N2O3Si.C5H12O3Si/c1-11-14(12-2,13-3)8-4-6-10-7-5-9;1-5-9(6-2,7-3)8-4/h10H,4-9H2,1-3H3;5H,1H2,2-4H3. The quantitative estimate of drug-likeness (QED) is 0.355. The van der Waals surface area contributed by atoms with Gasteiger partial charge in [0.1, 0.15) is 0 Å². The highest BCUT2D eigenvalue weighted by molar-refractivity contribution is 6.66. The van der Waals surface area contributed by atoms with Crippen LogP contribution in [0.2, 0.25) is 6.04 Å². The number of nitrogens with two attached hydrogens (primary N) is 1. The molecule has 0 aliphatic carbocycles. The van der Waals surface area contributed by atoms with Crippen molar-refractivity contribution in [2.24, 2.45) is 5.73 Å². The average Bonchev–Trinajstić information content (AvgIpc) is 2.62. The first kappa shape index (κ1) is 25.1. The molecule has 23 heavy (non-hydrogen) atoms. The Morgan fingerprint density at radius 3 is 1.61 bits per heavy atom. The fourth-order valence-electron chi connectivity index (χ4n) is 1.71. The smallest absolute Gasteiger partial charge is 0.377 e. The second-order valence-electron chi connectivity index (χ2n) is 4.36. The maximum absolute atomic E-state index is 5.35. The van der Waals surface area contributed by atoms with Gasteiger partial charge in [0.2, 0.25) is 0 Å². The van der Waals surface area contributed by atoms with E-state index in [9.17, 15) is 0 Å². The van der Waals surface area contributed by atoms with Gasteiger partial charge in [0, 0.05) is 61.8 Å².